The molecule has 6 heteroatoms. The van der Waals surface area contributed by atoms with E-state index in [-0.39, 0.29) is 6.42 Å². The molecule has 3 aromatic rings. The number of aromatic nitrogens is 1. The fraction of sp³-hybridized carbons (Fsp3) is 0.167. The van der Waals surface area contributed by atoms with Crippen LogP contribution in [0.15, 0.2) is 36.4 Å². The van der Waals surface area contributed by atoms with Crippen LogP contribution in [0, 0.1) is 0 Å². The molecule has 0 unspecified atom stereocenters. The van der Waals surface area contributed by atoms with Crippen LogP contribution >= 0.6 is 23.2 Å². The quantitative estimate of drug-likeness (QED) is 0.657. The van der Waals surface area contributed by atoms with Crippen LogP contribution in [0.2, 0.25) is 10.0 Å². The van der Waals surface area contributed by atoms with E-state index in [4.69, 9.17) is 27.9 Å². The molecule has 4 nitrogen and oxygen atoms in total. The van der Waals surface area contributed by atoms with E-state index < -0.39 is 5.97 Å². The summed E-state index contributed by atoms with van der Waals surface area (Å²) in [5.74, 6) is -0.275. The summed E-state index contributed by atoms with van der Waals surface area (Å²) in [6.45, 7) is 2.39. The van der Waals surface area contributed by atoms with Gasteiger partial charge in [0.05, 0.1) is 18.7 Å². The fourth-order valence-corrected chi connectivity index (χ4v) is 3.11. The second-order valence-electron chi connectivity index (χ2n) is 5.31. The highest BCUT2D eigenvalue weighted by atomic mass is 35.5. The van der Waals surface area contributed by atoms with Gasteiger partial charge in [-0.15, -0.1) is 0 Å². The van der Waals surface area contributed by atoms with Crippen LogP contribution in [0.5, 0.6) is 5.75 Å². The molecule has 0 fully saturated rings. The molecule has 0 amide bonds. The topological polar surface area (TPSA) is 62.3 Å². The fourth-order valence-electron chi connectivity index (χ4n) is 2.76. The minimum atomic E-state index is -0.919. The highest BCUT2D eigenvalue weighted by molar-refractivity contribution is 6.31. The van der Waals surface area contributed by atoms with Gasteiger partial charge in [0.25, 0.3) is 0 Å². The van der Waals surface area contributed by atoms with Crippen molar-refractivity contribution in [3.63, 3.8) is 0 Å². The van der Waals surface area contributed by atoms with E-state index in [0.717, 1.165) is 16.5 Å². The maximum atomic E-state index is 11.4. The molecule has 2 aromatic carbocycles. The molecule has 1 aromatic heterocycles. The van der Waals surface area contributed by atoms with Crippen molar-refractivity contribution in [1.82, 2.24) is 4.98 Å². The number of fused-ring (bicyclic) bond motifs is 1. The minimum Gasteiger partial charge on any atom is -0.493 e. The van der Waals surface area contributed by atoms with E-state index in [0.29, 0.717) is 33.7 Å². The number of nitrogens with one attached hydrogen (secondary N) is 1. The molecule has 0 saturated carbocycles. The minimum absolute atomic E-state index is 0.131. The molecule has 24 heavy (non-hydrogen) atoms. The van der Waals surface area contributed by atoms with Gasteiger partial charge in [-0.25, -0.2) is 0 Å². The molecule has 0 saturated heterocycles. The first kappa shape index (κ1) is 16.7. The molecule has 3 rings (SSSR count). The van der Waals surface area contributed by atoms with Crippen molar-refractivity contribution in [2.75, 3.05) is 6.61 Å². The van der Waals surface area contributed by atoms with E-state index in [1.54, 1.807) is 30.3 Å². The van der Waals surface area contributed by atoms with Crippen LogP contribution in [-0.2, 0) is 11.2 Å². The van der Waals surface area contributed by atoms with Crippen molar-refractivity contribution in [2.45, 2.75) is 13.3 Å². The molecule has 0 spiro atoms. The molecule has 0 bridgehead atoms. The molecule has 0 aliphatic rings. The van der Waals surface area contributed by atoms with E-state index in [1.807, 2.05) is 13.0 Å². The van der Waals surface area contributed by atoms with E-state index in [9.17, 15) is 9.90 Å². The Morgan fingerprint density at radius 2 is 1.88 bits per heavy atom. The lowest BCUT2D eigenvalue weighted by Crippen LogP contribution is -2.02. The van der Waals surface area contributed by atoms with Gasteiger partial charge in [0, 0.05) is 26.5 Å². The average molecular weight is 364 g/mol. The van der Waals surface area contributed by atoms with Crippen LogP contribution in [0.25, 0.3) is 22.2 Å². The number of ether oxygens (including phenoxy) is 1. The predicted molar refractivity (Wildman–Crippen MR) is 96.3 cm³/mol. The summed E-state index contributed by atoms with van der Waals surface area (Å²) in [7, 11) is 0. The summed E-state index contributed by atoms with van der Waals surface area (Å²) in [5.41, 5.74) is 2.88. The molecule has 1 heterocycles. The molecule has 0 aliphatic heterocycles. The third kappa shape index (κ3) is 3.21. The Labute approximate surface area is 149 Å². The van der Waals surface area contributed by atoms with Gasteiger partial charge in [0.2, 0.25) is 0 Å². The summed E-state index contributed by atoms with van der Waals surface area (Å²) < 4.78 is 5.67. The molecule has 124 valence electrons. The van der Waals surface area contributed by atoms with Gasteiger partial charge in [-0.3, -0.25) is 4.79 Å². The van der Waals surface area contributed by atoms with E-state index in [1.165, 1.54) is 0 Å². The largest absolute Gasteiger partial charge is 0.493 e. The normalized spacial score (nSPS) is 11.0. The first-order valence-electron chi connectivity index (χ1n) is 7.44. The number of aromatic amines is 1. The number of benzene rings is 2. The molecular weight excluding hydrogens is 349 g/mol. The number of carbonyl (C=O) groups is 1. The Morgan fingerprint density at radius 1 is 1.17 bits per heavy atom. The monoisotopic (exact) mass is 363 g/mol. The van der Waals surface area contributed by atoms with Crippen LogP contribution in [-0.4, -0.2) is 22.7 Å². The number of aliphatic carboxylic acids is 1. The summed E-state index contributed by atoms with van der Waals surface area (Å²) >= 11 is 12.2. The first-order chi connectivity index (χ1) is 11.5. The van der Waals surface area contributed by atoms with Crippen LogP contribution in [0.1, 0.15) is 12.5 Å². The third-order valence-electron chi connectivity index (χ3n) is 3.71. The Balaban J connectivity index is 2.29. The van der Waals surface area contributed by atoms with E-state index in [2.05, 4.69) is 4.98 Å². The molecule has 0 atom stereocenters. The van der Waals surface area contributed by atoms with Crippen molar-refractivity contribution < 1.29 is 14.6 Å². The number of halogens is 2. The van der Waals surface area contributed by atoms with Gasteiger partial charge < -0.3 is 14.8 Å². The third-order valence-corrected chi connectivity index (χ3v) is 4.18. The van der Waals surface area contributed by atoms with E-state index >= 15 is 0 Å². The number of carboxylic acid groups (broad SMARTS) is 1. The number of hydrogen-bond acceptors (Lipinski definition) is 2. The maximum Gasteiger partial charge on any atom is 0.307 e. The van der Waals surface area contributed by atoms with Crippen molar-refractivity contribution in [3.8, 4) is 17.0 Å². The zero-order valence-electron chi connectivity index (χ0n) is 12.9. The highest BCUT2D eigenvalue weighted by Crippen LogP contribution is 2.38. The number of H-pyrrole nitrogens is 1. The second-order valence-corrected chi connectivity index (χ2v) is 6.19. The standard InChI is InChI=1S/C18H15Cl2NO3/c1-2-24-16-6-4-11(20)8-14(16)18-13(9-17(22)23)12-7-10(19)3-5-15(12)21-18/h3-8,21H,2,9H2,1H3,(H,22,23). The molecule has 2 N–H and O–H groups in total. The predicted octanol–water partition coefficient (Wildman–Crippen LogP) is 5.17. The second kappa shape index (κ2) is 6.75. The van der Waals surface area contributed by atoms with Crippen molar-refractivity contribution in [1.29, 1.82) is 0 Å². The van der Waals surface area contributed by atoms with Gasteiger partial charge in [-0.2, -0.15) is 0 Å². The Bertz CT molecular complexity index is 918. The lowest BCUT2D eigenvalue weighted by Gasteiger charge is -2.11. The summed E-state index contributed by atoms with van der Waals surface area (Å²) in [6, 6.07) is 10.6. The van der Waals surface area contributed by atoms with Crippen molar-refractivity contribution in [2.24, 2.45) is 0 Å². The molecule has 0 aliphatic carbocycles. The van der Waals surface area contributed by atoms with Gasteiger partial charge in [0.15, 0.2) is 0 Å². The van der Waals surface area contributed by atoms with Gasteiger partial charge >= 0.3 is 5.97 Å². The zero-order chi connectivity index (χ0) is 17.3. The number of rotatable bonds is 5. The summed E-state index contributed by atoms with van der Waals surface area (Å²) in [6.07, 6.45) is -0.131. The SMILES string of the molecule is CCOc1ccc(Cl)cc1-c1[nH]c2ccc(Cl)cc2c1CC(=O)O. The lowest BCUT2D eigenvalue weighted by atomic mass is 10.0. The van der Waals surface area contributed by atoms with Crippen molar-refractivity contribution in [3.05, 3.63) is 52.0 Å². The van der Waals surface area contributed by atoms with Crippen LogP contribution in [0.3, 0.4) is 0 Å². The first-order valence-corrected chi connectivity index (χ1v) is 8.19. The lowest BCUT2D eigenvalue weighted by molar-refractivity contribution is -0.136. The van der Waals surface area contributed by atoms with Crippen LogP contribution in [0.4, 0.5) is 0 Å². The summed E-state index contributed by atoms with van der Waals surface area (Å²) in [5, 5.41) is 11.2. The van der Waals surface area contributed by atoms with Crippen molar-refractivity contribution >= 4 is 40.1 Å². The Morgan fingerprint density at radius 3 is 2.58 bits per heavy atom. The number of carboxylic acids is 1. The van der Waals surface area contributed by atoms with Gasteiger partial charge in [-0.1, -0.05) is 23.2 Å². The van der Waals surface area contributed by atoms with Gasteiger partial charge in [0.1, 0.15) is 5.75 Å². The van der Waals surface area contributed by atoms with Crippen LogP contribution < -0.4 is 4.74 Å². The zero-order valence-corrected chi connectivity index (χ0v) is 14.4. The molecular formula is C18H15Cl2NO3. The average Bonchev–Trinajstić information content (AvgIpc) is 2.87. The Hall–Kier alpha value is -2.17. The Kier molecular flexibility index (Phi) is 4.69. The highest BCUT2D eigenvalue weighted by Gasteiger charge is 2.19. The summed E-state index contributed by atoms with van der Waals surface area (Å²) in [4.78, 5) is 14.6. The maximum absolute atomic E-state index is 11.4. The number of hydrogen-bond donors (Lipinski definition) is 2. The van der Waals surface area contributed by atoms with Gasteiger partial charge in [-0.05, 0) is 48.9 Å². The smallest absolute Gasteiger partial charge is 0.307 e. The molecule has 0 radical (unpaired) electrons.